The first-order valence-electron chi connectivity index (χ1n) is 6.71. The summed E-state index contributed by atoms with van der Waals surface area (Å²) in [6.45, 7) is 6.36. The molecule has 0 saturated heterocycles. The third-order valence-electron chi connectivity index (χ3n) is 3.01. The standard InChI is InChI=1S/C12H21N5O3/c1-2-19-5-6-20-4-3-17-7-9-10(14-8-17)15-12(13)16-11(9)18/h2-8H2,1H3,(H4,13,14,15,16,18). The number of H-pyrrole nitrogens is 1. The Bertz CT molecular complexity index is 490. The highest BCUT2D eigenvalue weighted by Gasteiger charge is 2.19. The van der Waals surface area contributed by atoms with E-state index < -0.39 is 0 Å². The highest BCUT2D eigenvalue weighted by molar-refractivity contribution is 5.47. The van der Waals surface area contributed by atoms with Crippen LogP contribution >= 0.6 is 0 Å². The van der Waals surface area contributed by atoms with Crippen LogP contribution in [0.15, 0.2) is 4.79 Å². The van der Waals surface area contributed by atoms with Crippen LogP contribution in [0.4, 0.5) is 11.8 Å². The van der Waals surface area contributed by atoms with Gasteiger partial charge in [0.1, 0.15) is 5.82 Å². The molecule has 1 aromatic heterocycles. The smallest absolute Gasteiger partial charge is 0.258 e. The van der Waals surface area contributed by atoms with E-state index in [9.17, 15) is 4.79 Å². The van der Waals surface area contributed by atoms with Gasteiger partial charge in [-0.1, -0.05) is 0 Å². The molecule has 0 spiro atoms. The number of nitrogens with zero attached hydrogens (tertiary/aromatic N) is 2. The zero-order chi connectivity index (χ0) is 14.4. The molecular formula is C12H21N5O3. The largest absolute Gasteiger partial charge is 0.379 e. The predicted octanol–water partition coefficient (Wildman–Crippen LogP) is -0.410. The summed E-state index contributed by atoms with van der Waals surface area (Å²) in [5.41, 5.74) is 5.92. The molecule has 20 heavy (non-hydrogen) atoms. The maximum atomic E-state index is 11.8. The molecule has 4 N–H and O–H groups in total. The number of anilines is 2. The first-order chi connectivity index (χ1) is 9.70. The predicted molar refractivity (Wildman–Crippen MR) is 75.5 cm³/mol. The summed E-state index contributed by atoms with van der Waals surface area (Å²) in [4.78, 5) is 20.4. The number of hydrogen-bond acceptors (Lipinski definition) is 7. The molecule has 112 valence electrons. The highest BCUT2D eigenvalue weighted by Crippen LogP contribution is 2.15. The zero-order valence-electron chi connectivity index (χ0n) is 11.6. The number of nitrogen functional groups attached to an aromatic ring is 1. The molecule has 0 unspecified atom stereocenters. The summed E-state index contributed by atoms with van der Waals surface area (Å²) < 4.78 is 10.6. The summed E-state index contributed by atoms with van der Waals surface area (Å²) in [7, 11) is 0. The van der Waals surface area contributed by atoms with E-state index >= 15 is 0 Å². The monoisotopic (exact) mass is 283 g/mol. The molecule has 1 aliphatic rings. The van der Waals surface area contributed by atoms with Crippen LogP contribution in [-0.2, 0) is 16.0 Å². The number of aromatic amines is 1. The topological polar surface area (TPSA) is 106 Å². The minimum absolute atomic E-state index is 0.133. The van der Waals surface area contributed by atoms with Gasteiger partial charge in [0.05, 0.1) is 32.1 Å². The number of fused-ring (bicyclic) bond motifs is 1. The van der Waals surface area contributed by atoms with Gasteiger partial charge in [0, 0.05) is 19.7 Å². The molecule has 0 fully saturated rings. The number of hydrogen-bond donors (Lipinski definition) is 3. The molecule has 0 radical (unpaired) electrons. The zero-order valence-corrected chi connectivity index (χ0v) is 11.6. The molecule has 8 heteroatoms. The summed E-state index contributed by atoms with van der Waals surface area (Å²) in [6.07, 6.45) is 0. The van der Waals surface area contributed by atoms with Crippen molar-refractivity contribution in [1.82, 2.24) is 14.9 Å². The SMILES string of the molecule is CCOCCOCCN1CNc2nc(N)[nH]c(=O)c2C1. The summed E-state index contributed by atoms with van der Waals surface area (Å²) in [5, 5.41) is 3.09. The lowest BCUT2D eigenvalue weighted by molar-refractivity contribution is 0.0423. The Morgan fingerprint density at radius 2 is 2.15 bits per heavy atom. The van der Waals surface area contributed by atoms with Crippen LogP contribution in [0.3, 0.4) is 0 Å². The van der Waals surface area contributed by atoms with E-state index in [0.717, 1.165) is 6.54 Å². The number of rotatable bonds is 7. The first kappa shape index (κ1) is 14.8. The molecule has 1 aliphatic heterocycles. The normalized spacial score (nSPS) is 14.8. The maximum Gasteiger partial charge on any atom is 0.258 e. The van der Waals surface area contributed by atoms with Gasteiger partial charge in [0.2, 0.25) is 5.95 Å². The lowest BCUT2D eigenvalue weighted by atomic mass is 10.2. The van der Waals surface area contributed by atoms with E-state index in [-0.39, 0.29) is 11.5 Å². The van der Waals surface area contributed by atoms with Crippen molar-refractivity contribution in [3.05, 3.63) is 15.9 Å². The van der Waals surface area contributed by atoms with Crippen LogP contribution in [-0.4, -0.2) is 54.5 Å². The second kappa shape index (κ2) is 7.22. The van der Waals surface area contributed by atoms with Crippen LogP contribution in [0, 0.1) is 0 Å². The fourth-order valence-electron chi connectivity index (χ4n) is 1.99. The fourth-order valence-corrected chi connectivity index (χ4v) is 1.99. The van der Waals surface area contributed by atoms with Gasteiger partial charge in [-0.25, -0.2) is 0 Å². The van der Waals surface area contributed by atoms with E-state index in [4.69, 9.17) is 15.2 Å². The minimum Gasteiger partial charge on any atom is -0.379 e. The summed E-state index contributed by atoms with van der Waals surface area (Å²) >= 11 is 0. The first-order valence-corrected chi connectivity index (χ1v) is 6.71. The van der Waals surface area contributed by atoms with E-state index in [1.807, 2.05) is 6.92 Å². The van der Waals surface area contributed by atoms with E-state index in [1.165, 1.54) is 0 Å². The summed E-state index contributed by atoms with van der Waals surface area (Å²) in [5.74, 6) is 0.703. The second-order valence-electron chi connectivity index (χ2n) is 4.48. The number of nitrogens with two attached hydrogens (primary N) is 1. The van der Waals surface area contributed by atoms with Crippen molar-refractivity contribution >= 4 is 11.8 Å². The molecular weight excluding hydrogens is 262 g/mol. The van der Waals surface area contributed by atoms with Gasteiger partial charge in [-0.05, 0) is 6.92 Å². The van der Waals surface area contributed by atoms with Crippen molar-refractivity contribution in [2.24, 2.45) is 0 Å². The Morgan fingerprint density at radius 1 is 1.35 bits per heavy atom. The van der Waals surface area contributed by atoms with Crippen LogP contribution < -0.4 is 16.6 Å². The van der Waals surface area contributed by atoms with Gasteiger partial charge in [-0.2, -0.15) is 4.98 Å². The third-order valence-corrected chi connectivity index (χ3v) is 3.01. The van der Waals surface area contributed by atoms with Crippen molar-refractivity contribution in [2.75, 3.05) is 50.7 Å². The van der Waals surface area contributed by atoms with Crippen molar-refractivity contribution in [1.29, 1.82) is 0 Å². The molecule has 0 amide bonds. The average Bonchev–Trinajstić information content (AvgIpc) is 2.43. The number of ether oxygens (including phenoxy) is 2. The molecule has 8 nitrogen and oxygen atoms in total. The lowest BCUT2D eigenvalue weighted by Gasteiger charge is -2.28. The van der Waals surface area contributed by atoms with Crippen LogP contribution in [0.25, 0.3) is 0 Å². The lowest BCUT2D eigenvalue weighted by Crippen LogP contribution is -2.39. The van der Waals surface area contributed by atoms with Crippen LogP contribution in [0.1, 0.15) is 12.5 Å². The van der Waals surface area contributed by atoms with E-state index in [2.05, 4.69) is 20.2 Å². The van der Waals surface area contributed by atoms with Gasteiger partial charge < -0.3 is 20.5 Å². The maximum absolute atomic E-state index is 11.8. The molecule has 0 atom stereocenters. The molecule has 1 aromatic rings. The Balaban J connectivity index is 1.78. The fraction of sp³-hybridized carbons (Fsp3) is 0.667. The second-order valence-corrected chi connectivity index (χ2v) is 4.48. The molecule has 0 bridgehead atoms. The van der Waals surface area contributed by atoms with Crippen molar-refractivity contribution < 1.29 is 9.47 Å². The van der Waals surface area contributed by atoms with Crippen molar-refractivity contribution in [2.45, 2.75) is 13.5 Å². The third kappa shape index (κ3) is 3.92. The molecule has 0 aromatic carbocycles. The van der Waals surface area contributed by atoms with E-state index in [1.54, 1.807) is 0 Å². The Morgan fingerprint density at radius 3 is 2.95 bits per heavy atom. The number of aromatic nitrogens is 2. The molecule has 0 aliphatic carbocycles. The molecule has 2 heterocycles. The van der Waals surface area contributed by atoms with Crippen molar-refractivity contribution in [3.63, 3.8) is 0 Å². The van der Waals surface area contributed by atoms with Crippen LogP contribution in [0.5, 0.6) is 0 Å². The van der Waals surface area contributed by atoms with Crippen LogP contribution in [0.2, 0.25) is 0 Å². The Kier molecular flexibility index (Phi) is 5.33. The quantitative estimate of drug-likeness (QED) is 0.584. The minimum atomic E-state index is -0.193. The molecule has 2 rings (SSSR count). The van der Waals surface area contributed by atoms with Gasteiger partial charge in [-0.15, -0.1) is 0 Å². The van der Waals surface area contributed by atoms with E-state index in [0.29, 0.717) is 51.0 Å². The van der Waals surface area contributed by atoms with Crippen molar-refractivity contribution in [3.8, 4) is 0 Å². The Labute approximate surface area is 117 Å². The van der Waals surface area contributed by atoms with Gasteiger partial charge in [-0.3, -0.25) is 14.7 Å². The van der Waals surface area contributed by atoms with Gasteiger partial charge >= 0.3 is 0 Å². The Hall–Kier alpha value is -1.64. The molecule has 0 saturated carbocycles. The van der Waals surface area contributed by atoms with Gasteiger partial charge in [0.15, 0.2) is 0 Å². The number of nitrogens with one attached hydrogen (secondary N) is 2. The highest BCUT2D eigenvalue weighted by atomic mass is 16.5. The summed E-state index contributed by atoms with van der Waals surface area (Å²) in [6, 6.07) is 0. The average molecular weight is 283 g/mol. The van der Waals surface area contributed by atoms with Gasteiger partial charge in [0.25, 0.3) is 5.56 Å².